The van der Waals surface area contributed by atoms with Gasteiger partial charge in [-0.3, -0.25) is 4.79 Å². The lowest BCUT2D eigenvalue weighted by atomic mass is 9.72. The lowest BCUT2D eigenvalue weighted by Gasteiger charge is -2.36. The molecule has 26 heavy (non-hydrogen) atoms. The number of anilines is 1. The van der Waals surface area contributed by atoms with Gasteiger partial charge in [0.2, 0.25) is 5.91 Å². The lowest BCUT2D eigenvalue weighted by molar-refractivity contribution is -0.157. The number of rotatable bonds is 6. The van der Waals surface area contributed by atoms with Crippen molar-refractivity contribution in [2.24, 2.45) is 11.3 Å². The molecule has 0 bridgehead atoms. The fraction of sp³-hybridized carbons (Fsp3) is 0.619. The van der Waals surface area contributed by atoms with Crippen molar-refractivity contribution >= 4 is 17.6 Å². The highest BCUT2D eigenvalue weighted by atomic mass is 16.6. The average Bonchev–Trinajstić information content (AvgIpc) is 2.54. The summed E-state index contributed by atoms with van der Waals surface area (Å²) in [6.45, 7) is 8.39. The van der Waals surface area contributed by atoms with E-state index in [-0.39, 0.29) is 25.2 Å². The van der Waals surface area contributed by atoms with E-state index >= 15 is 0 Å². The first-order valence-corrected chi connectivity index (χ1v) is 9.38. The molecule has 0 unspecified atom stereocenters. The normalized spacial score (nSPS) is 20.5. The number of benzene rings is 1. The number of aryl methyl sites for hydroxylation is 1. The number of carbonyl (C=O) groups excluding carboxylic acids is 2. The Hall–Kier alpha value is -1.88. The molecular formula is C21H31NO4. The zero-order valence-corrected chi connectivity index (χ0v) is 16.3. The van der Waals surface area contributed by atoms with E-state index in [0.29, 0.717) is 11.3 Å². The lowest BCUT2D eigenvalue weighted by Crippen LogP contribution is -2.31. The summed E-state index contributed by atoms with van der Waals surface area (Å²) in [6.07, 6.45) is 3.96. The SMILES string of the molecule is Cc1cccc(NC(=O)COCC(=O)OC2CCC(C(C)(C)C)CC2)c1. The molecule has 5 nitrogen and oxygen atoms in total. The van der Waals surface area contributed by atoms with Crippen LogP contribution in [0.4, 0.5) is 5.69 Å². The van der Waals surface area contributed by atoms with Gasteiger partial charge < -0.3 is 14.8 Å². The monoisotopic (exact) mass is 361 g/mol. The molecule has 1 aliphatic rings. The first-order chi connectivity index (χ1) is 12.2. The minimum atomic E-state index is -0.396. The Bertz CT molecular complexity index is 613. The molecule has 1 saturated carbocycles. The number of ether oxygens (including phenoxy) is 2. The maximum absolute atomic E-state index is 11.9. The van der Waals surface area contributed by atoms with Crippen LogP contribution in [0.1, 0.15) is 52.0 Å². The van der Waals surface area contributed by atoms with Gasteiger partial charge in [-0.1, -0.05) is 32.9 Å². The summed E-state index contributed by atoms with van der Waals surface area (Å²) in [5.41, 5.74) is 2.09. The fourth-order valence-corrected chi connectivity index (χ4v) is 3.41. The van der Waals surface area contributed by atoms with Gasteiger partial charge in [0.05, 0.1) is 0 Å². The molecule has 0 spiro atoms. The van der Waals surface area contributed by atoms with Crippen molar-refractivity contribution in [1.82, 2.24) is 0 Å². The Balaban J connectivity index is 1.62. The van der Waals surface area contributed by atoms with Crippen molar-refractivity contribution < 1.29 is 19.1 Å². The van der Waals surface area contributed by atoms with Crippen molar-refractivity contribution in [3.8, 4) is 0 Å². The van der Waals surface area contributed by atoms with E-state index < -0.39 is 5.97 Å². The molecule has 0 aliphatic heterocycles. The van der Waals surface area contributed by atoms with E-state index in [1.54, 1.807) is 0 Å². The third kappa shape index (κ3) is 6.79. The number of carbonyl (C=O) groups is 2. The third-order valence-electron chi connectivity index (χ3n) is 4.95. The standard InChI is InChI=1S/C21H31NO4/c1-15-6-5-7-17(12-15)22-19(23)13-25-14-20(24)26-18-10-8-16(9-11-18)21(2,3)4/h5-7,12,16,18H,8-11,13-14H2,1-4H3,(H,22,23). The zero-order valence-electron chi connectivity index (χ0n) is 16.3. The van der Waals surface area contributed by atoms with Gasteiger partial charge in [0.1, 0.15) is 19.3 Å². The Morgan fingerprint density at radius 2 is 1.81 bits per heavy atom. The van der Waals surface area contributed by atoms with Crippen LogP contribution in [0.15, 0.2) is 24.3 Å². The number of esters is 1. The van der Waals surface area contributed by atoms with Gasteiger partial charge >= 0.3 is 5.97 Å². The summed E-state index contributed by atoms with van der Waals surface area (Å²) < 4.78 is 10.7. The summed E-state index contributed by atoms with van der Waals surface area (Å²) in [7, 11) is 0. The van der Waals surface area contributed by atoms with Gasteiger partial charge in [-0.15, -0.1) is 0 Å². The second-order valence-corrected chi connectivity index (χ2v) is 8.24. The summed E-state index contributed by atoms with van der Waals surface area (Å²) in [5.74, 6) is 0.000621. The maximum Gasteiger partial charge on any atom is 0.332 e. The van der Waals surface area contributed by atoms with Gasteiger partial charge in [0, 0.05) is 5.69 Å². The van der Waals surface area contributed by atoms with Crippen molar-refractivity contribution in [2.45, 2.75) is 59.5 Å². The van der Waals surface area contributed by atoms with Crippen LogP contribution in [0, 0.1) is 18.3 Å². The van der Waals surface area contributed by atoms with E-state index in [2.05, 4.69) is 26.1 Å². The van der Waals surface area contributed by atoms with Gasteiger partial charge in [-0.05, 0) is 61.6 Å². The van der Waals surface area contributed by atoms with Crippen LogP contribution in [-0.2, 0) is 19.1 Å². The molecule has 0 aromatic heterocycles. The van der Waals surface area contributed by atoms with Crippen LogP contribution < -0.4 is 5.32 Å². The smallest absolute Gasteiger partial charge is 0.332 e. The highest BCUT2D eigenvalue weighted by molar-refractivity contribution is 5.91. The quantitative estimate of drug-likeness (QED) is 0.775. The summed E-state index contributed by atoms with van der Waals surface area (Å²) in [5, 5.41) is 2.74. The van der Waals surface area contributed by atoms with E-state index in [9.17, 15) is 9.59 Å². The van der Waals surface area contributed by atoms with Crippen LogP contribution >= 0.6 is 0 Å². The molecule has 0 heterocycles. The van der Waals surface area contributed by atoms with E-state index in [1.807, 2.05) is 31.2 Å². The predicted molar refractivity (Wildman–Crippen MR) is 102 cm³/mol. The van der Waals surface area contributed by atoms with Crippen LogP contribution in [0.5, 0.6) is 0 Å². The number of nitrogens with one attached hydrogen (secondary N) is 1. The number of hydrogen-bond donors (Lipinski definition) is 1. The van der Waals surface area contributed by atoms with Gasteiger partial charge in [-0.25, -0.2) is 4.79 Å². The van der Waals surface area contributed by atoms with Gasteiger partial charge in [0.25, 0.3) is 0 Å². The molecule has 0 atom stereocenters. The molecule has 0 saturated heterocycles. The second-order valence-electron chi connectivity index (χ2n) is 8.24. The van der Waals surface area contributed by atoms with Crippen molar-refractivity contribution in [1.29, 1.82) is 0 Å². The molecule has 1 aromatic rings. The van der Waals surface area contributed by atoms with Gasteiger partial charge in [-0.2, -0.15) is 0 Å². The summed E-state index contributed by atoms with van der Waals surface area (Å²) in [6, 6.07) is 7.52. The molecule has 1 amide bonds. The van der Waals surface area contributed by atoms with Gasteiger partial charge in [0.15, 0.2) is 0 Å². The Morgan fingerprint density at radius 1 is 1.12 bits per heavy atom. The summed E-state index contributed by atoms with van der Waals surface area (Å²) in [4.78, 5) is 23.7. The van der Waals surface area contributed by atoms with Crippen LogP contribution in [0.25, 0.3) is 0 Å². The summed E-state index contributed by atoms with van der Waals surface area (Å²) >= 11 is 0. The van der Waals surface area contributed by atoms with E-state index in [0.717, 1.165) is 36.9 Å². The Kier molecular flexibility index (Phi) is 7.21. The highest BCUT2D eigenvalue weighted by Crippen LogP contribution is 2.38. The van der Waals surface area contributed by atoms with Crippen LogP contribution in [-0.4, -0.2) is 31.2 Å². The molecule has 1 aliphatic carbocycles. The predicted octanol–water partition coefficient (Wildman–Crippen LogP) is 4.10. The van der Waals surface area contributed by atoms with Crippen molar-refractivity contribution in [3.63, 3.8) is 0 Å². The number of hydrogen-bond acceptors (Lipinski definition) is 4. The fourth-order valence-electron chi connectivity index (χ4n) is 3.41. The molecule has 2 rings (SSSR count). The minimum Gasteiger partial charge on any atom is -0.461 e. The molecule has 1 fully saturated rings. The molecule has 1 N–H and O–H groups in total. The third-order valence-corrected chi connectivity index (χ3v) is 4.95. The molecule has 5 heteroatoms. The molecular weight excluding hydrogens is 330 g/mol. The van der Waals surface area contributed by atoms with E-state index in [1.165, 1.54) is 0 Å². The minimum absolute atomic E-state index is 0.0224. The Morgan fingerprint density at radius 3 is 2.42 bits per heavy atom. The maximum atomic E-state index is 11.9. The zero-order chi connectivity index (χ0) is 19.2. The van der Waals surface area contributed by atoms with E-state index in [4.69, 9.17) is 9.47 Å². The molecule has 1 aromatic carbocycles. The largest absolute Gasteiger partial charge is 0.461 e. The highest BCUT2D eigenvalue weighted by Gasteiger charge is 2.31. The van der Waals surface area contributed by atoms with Crippen LogP contribution in [0.3, 0.4) is 0 Å². The first-order valence-electron chi connectivity index (χ1n) is 9.38. The molecule has 144 valence electrons. The van der Waals surface area contributed by atoms with Crippen molar-refractivity contribution in [3.05, 3.63) is 29.8 Å². The van der Waals surface area contributed by atoms with Crippen LogP contribution in [0.2, 0.25) is 0 Å². The molecule has 0 radical (unpaired) electrons. The average molecular weight is 361 g/mol. The topological polar surface area (TPSA) is 64.6 Å². The number of amides is 1. The Labute approximate surface area is 156 Å². The van der Waals surface area contributed by atoms with Crippen molar-refractivity contribution in [2.75, 3.05) is 18.5 Å². The second kappa shape index (κ2) is 9.17. The first kappa shape index (κ1) is 20.4.